The van der Waals surface area contributed by atoms with Crippen LogP contribution in [0.25, 0.3) is 0 Å². The van der Waals surface area contributed by atoms with Crippen LogP contribution < -0.4 is 14.4 Å². The fourth-order valence-electron chi connectivity index (χ4n) is 4.11. The second-order valence-electron chi connectivity index (χ2n) is 8.75. The van der Waals surface area contributed by atoms with Crippen molar-refractivity contribution in [3.8, 4) is 5.75 Å². The maximum atomic E-state index is 13.2. The third-order valence-electron chi connectivity index (χ3n) is 5.24. The molecule has 162 valence electrons. The van der Waals surface area contributed by atoms with Crippen LogP contribution in [0.1, 0.15) is 49.9 Å². The highest BCUT2D eigenvalue weighted by atomic mass is 32.2. The highest BCUT2D eigenvalue weighted by molar-refractivity contribution is 7.92. The van der Waals surface area contributed by atoms with Crippen molar-refractivity contribution in [1.29, 1.82) is 0 Å². The number of aryl methyl sites for hydroxylation is 2. The zero-order valence-corrected chi connectivity index (χ0v) is 19.2. The third kappa shape index (κ3) is 4.78. The van der Waals surface area contributed by atoms with E-state index in [2.05, 4.69) is 5.32 Å². The highest BCUT2D eigenvalue weighted by Crippen LogP contribution is 2.39. The van der Waals surface area contributed by atoms with Crippen molar-refractivity contribution in [2.24, 2.45) is 0 Å². The van der Waals surface area contributed by atoms with Crippen LogP contribution >= 0.6 is 0 Å². The van der Waals surface area contributed by atoms with E-state index in [9.17, 15) is 13.2 Å². The van der Waals surface area contributed by atoms with E-state index in [1.807, 2.05) is 58.0 Å². The standard InChI is InChI=1S/C23H30N2O4S/c1-15-11-16(2)13-18(12-15)25(30(6,27)28)17(3)22(26)24-20-14-23(4,5)29-21-10-8-7-9-19(20)21/h7-13,17,20H,14H2,1-6H3,(H,24,26)/t17-,20+/m1/s1. The van der Waals surface area contributed by atoms with E-state index in [4.69, 9.17) is 4.74 Å². The topological polar surface area (TPSA) is 75.7 Å². The molecule has 0 unspecified atom stereocenters. The predicted octanol–water partition coefficient (Wildman–Crippen LogP) is 3.88. The zero-order valence-electron chi connectivity index (χ0n) is 18.4. The summed E-state index contributed by atoms with van der Waals surface area (Å²) in [6, 6.07) is 12.0. The van der Waals surface area contributed by atoms with E-state index >= 15 is 0 Å². The van der Waals surface area contributed by atoms with Gasteiger partial charge < -0.3 is 10.1 Å². The summed E-state index contributed by atoms with van der Waals surface area (Å²) in [7, 11) is -3.67. The maximum Gasteiger partial charge on any atom is 0.244 e. The van der Waals surface area contributed by atoms with Gasteiger partial charge in [0.25, 0.3) is 0 Å². The van der Waals surface area contributed by atoms with Gasteiger partial charge in [-0.1, -0.05) is 24.3 Å². The summed E-state index contributed by atoms with van der Waals surface area (Å²) in [5.41, 5.74) is 2.82. The van der Waals surface area contributed by atoms with Crippen molar-refractivity contribution in [1.82, 2.24) is 5.32 Å². The van der Waals surface area contributed by atoms with Gasteiger partial charge >= 0.3 is 0 Å². The van der Waals surface area contributed by atoms with Crippen LogP contribution in [0.15, 0.2) is 42.5 Å². The van der Waals surface area contributed by atoms with Gasteiger partial charge in [-0.05, 0) is 63.9 Å². The molecule has 1 aliphatic rings. The molecule has 0 spiro atoms. The van der Waals surface area contributed by atoms with Gasteiger partial charge in [0.1, 0.15) is 17.4 Å². The van der Waals surface area contributed by atoms with Gasteiger partial charge in [0.2, 0.25) is 15.9 Å². The number of ether oxygens (including phenoxy) is 1. The summed E-state index contributed by atoms with van der Waals surface area (Å²) in [6.45, 7) is 9.38. The monoisotopic (exact) mass is 430 g/mol. The molecule has 0 fully saturated rings. The molecule has 0 aliphatic carbocycles. The zero-order chi connectivity index (χ0) is 22.3. The van der Waals surface area contributed by atoms with E-state index in [0.29, 0.717) is 12.1 Å². The summed E-state index contributed by atoms with van der Waals surface area (Å²) in [4.78, 5) is 13.2. The van der Waals surface area contributed by atoms with Crippen LogP contribution in [-0.2, 0) is 14.8 Å². The van der Waals surface area contributed by atoms with Crippen molar-refractivity contribution in [3.05, 3.63) is 59.2 Å². The van der Waals surface area contributed by atoms with Gasteiger partial charge in [0.15, 0.2) is 0 Å². The van der Waals surface area contributed by atoms with Crippen LogP contribution in [0.4, 0.5) is 5.69 Å². The Morgan fingerprint density at radius 2 is 1.77 bits per heavy atom. The normalized spacial score (nSPS) is 18.7. The lowest BCUT2D eigenvalue weighted by atomic mass is 9.89. The molecule has 6 nitrogen and oxygen atoms in total. The molecular weight excluding hydrogens is 400 g/mol. The van der Waals surface area contributed by atoms with E-state index in [1.165, 1.54) is 4.31 Å². The van der Waals surface area contributed by atoms with E-state index in [0.717, 1.165) is 28.7 Å². The van der Waals surface area contributed by atoms with Gasteiger partial charge in [0, 0.05) is 12.0 Å². The number of para-hydroxylation sites is 1. The van der Waals surface area contributed by atoms with Crippen molar-refractivity contribution in [3.63, 3.8) is 0 Å². The molecule has 3 rings (SSSR count). The average Bonchev–Trinajstić information content (AvgIpc) is 2.58. The molecular formula is C23H30N2O4S. The number of fused-ring (bicyclic) bond motifs is 1. The van der Waals surface area contributed by atoms with Crippen molar-refractivity contribution >= 4 is 21.6 Å². The number of amides is 1. The number of nitrogens with zero attached hydrogens (tertiary/aromatic N) is 1. The Labute approximate surface area is 179 Å². The number of hydrogen-bond acceptors (Lipinski definition) is 4. The van der Waals surface area contributed by atoms with Gasteiger partial charge in [0.05, 0.1) is 18.0 Å². The minimum absolute atomic E-state index is 0.263. The Balaban J connectivity index is 1.91. The van der Waals surface area contributed by atoms with Crippen LogP contribution in [0.2, 0.25) is 0 Å². The molecule has 1 heterocycles. The summed E-state index contributed by atoms with van der Waals surface area (Å²) in [6.07, 6.45) is 1.71. The fraction of sp³-hybridized carbons (Fsp3) is 0.435. The first-order valence-electron chi connectivity index (χ1n) is 10.0. The van der Waals surface area contributed by atoms with Gasteiger partial charge in [-0.2, -0.15) is 0 Å². The number of carbonyl (C=O) groups excluding carboxylic acids is 1. The third-order valence-corrected chi connectivity index (χ3v) is 6.48. The van der Waals surface area contributed by atoms with Crippen LogP contribution in [0, 0.1) is 13.8 Å². The SMILES string of the molecule is Cc1cc(C)cc(N([C@H](C)C(=O)N[C@H]2CC(C)(C)Oc3ccccc32)S(C)(=O)=O)c1. The van der Waals surface area contributed by atoms with Gasteiger partial charge in [-0.3, -0.25) is 9.10 Å². The number of sulfonamides is 1. The quantitative estimate of drug-likeness (QED) is 0.781. The second-order valence-corrected chi connectivity index (χ2v) is 10.6. The number of hydrogen-bond donors (Lipinski definition) is 1. The predicted molar refractivity (Wildman–Crippen MR) is 119 cm³/mol. The lowest BCUT2D eigenvalue weighted by Crippen LogP contribution is -2.50. The summed E-state index contributed by atoms with van der Waals surface area (Å²) in [5, 5.41) is 3.06. The van der Waals surface area contributed by atoms with E-state index in [1.54, 1.807) is 19.1 Å². The minimum atomic E-state index is -3.67. The average molecular weight is 431 g/mol. The molecule has 2 aromatic carbocycles. The van der Waals surface area contributed by atoms with Crippen LogP contribution in [-0.4, -0.2) is 32.2 Å². The second kappa shape index (κ2) is 7.95. The molecule has 0 aromatic heterocycles. The minimum Gasteiger partial charge on any atom is -0.487 e. The summed E-state index contributed by atoms with van der Waals surface area (Å²) >= 11 is 0. The van der Waals surface area contributed by atoms with Crippen LogP contribution in [0.5, 0.6) is 5.75 Å². The highest BCUT2D eigenvalue weighted by Gasteiger charge is 2.36. The Kier molecular flexibility index (Phi) is 5.87. The molecule has 0 saturated heterocycles. The molecule has 30 heavy (non-hydrogen) atoms. The molecule has 1 aliphatic heterocycles. The van der Waals surface area contributed by atoms with Crippen LogP contribution in [0.3, 0.4) is 0 Å². The van der Waals surface area contributed by atoms with Crippen molar-refractivity contribution < 1.29 is 17.9 Å². The first-order chi connectivity index (χ1) is 13.9. The number of nitrogens with one attached hydrogen (secondary N) is 1. The Hall–Kier alpha value is -2.54. The largest absolute Gasteiger partial charge is 0.487 e. The van der Waals surface area contributed by atoms with Gasteiger partial charge in [-0.25, -0.2) is 8.42 Å². The van der Waals surface area contributed by atoms with E-state index in [-0.39, 0.29) is 11.9 Å². The molecule has 2 aromatic rings. The molecule has 1 N–H and O–H groups in total. The molecule has 7 heteroatoms. The lowest BCUT2D eigenvalue weighted by molar-refractivity contribution is -0.123. The molecule has 0 bridgehead atoms. The van der Waals surface area contributed by atoms with E-state index < -0.39 is 21.7 Å². The molecule has 0 radical (unpaired) electrons. The number of anilines is 1. The Bertz CT molecular complexity index is 1040. The van der Waals surface area contributed by atoms with Crippen molar-refractivity contribution in [2.75, 3.05) is 10.6 Å². The molecule has 1 amide bonds. The lowest BCUT2D eigenvalue weighted by Gasteiger charge is -2.38. The fourth-order valence-corrected chi connectivity index (χ4v) is 5.27. The van der Waals surface area contributed by atoms with Gasteiger partial charge in [-0.15, -0.1) is 0 Å². The number of carbonyl (C=O) groups is 1. The maximum absolute atomic E-state index is 13.2. The number of rotatable bonds is 5. The van der Waals surface area contributed by atoms with Crippen molar-refractivity contribution in [2.45, 2.75) is 58.7 Å². The molecule has 0 saturated carbocycles. The molecule has 2 atom stereocenters. The Morgan fingerprint density at radius 1 is 1.17 bits per heavy atom. The summed E-state index contributed by atoms with van der Waals surface area (Å²) in [5.74, 6) is 0.387. The first-order valence-corrected chi connectivity index (χ1v) is 11.9. The Morgan fingerprint density at radius 3 is 2.37 bits per heavy atom. The first kappa shape index (κ1) is 22.2. The smallest absolute Gasteiger partial charge is 0.244 e. The summed E-state index contributed by atoms with van der Waals surface area (Å²) < 4.78 is 32.5. The number of benzene rings is 2.